The van der Waals surface area contributed by atoms with Gasteiger partial charge in [0.15, 0.2) is 16.9 Å². The zero-order valence-electron chi connectivity index (χ0n) is 20.3. The van der Waals surface area contributed by atoms with E-state index in [1.165, 1.54) is 21.3 Å². The van der Waals surface area contributed by atoms with Crippen LogP contribution in [0.15, 0.2) is 63.8 Å². The molecule has 0 saturated carbocycles. The van der Waals surface area contributed by atoms with Crippen LogP contribution in [0.1, 0.15) is 38.9 Å². The summed E-state index contributed by atoms with van der Waals surface area (Å²) in [4.78, 5) is 29.2. The predicted octanol–water partition coefficient (Wildman–Crippen LogP) is 5.53. The van der Waals surface area contributed by atoms with Gasteiger partial charge in [0.1, 0.15) is 5.58 Å². The van der Waals surface area contributed by atoms with Crippen molar-refractivity contribution >= 4 is 28.5 Å². The van der Waals surface area contributed by atoms with Gasteiger partial charge < -0.3 is 23.5 Å². The lowest BCUT2D eigenvalue weighted by atomic mass is 9.97. The molecule has 3 aromatic carbocycles. The van der Waals surface area contributed by atoms with Crippen LogP contribution in [0.2, 0.25) is 5.02 Å². The molecule has 36 heavy (non-hydrogen) atoms. The van der Waals surface area contributed by atoms with E-state index in [9.17, 15) is 9.59 Å². The fourth-order valence-electron chi connectivity index (χ4n) is 4.69. The van der Waals surface area contributed by atoms with E-state index in [4.69, 9.17) is 30.2 Å². The van der Waals surface area contributed by atoms with Crippen molar-refractivity contribution in [3.63, 3.8) is 0 Å². The Morgan fingerprint density at radius 2 is 1.61 bits per heavy atom. The van der Waals surface area contributed by atoms with E-state index >= 15 is 0 Å². The summed E-state index contributed by atoms with van der Waals surface area (Å²) in [6.07, 6.45) is 0. The number of ether oxygens (including phenoxy) is 3. The molecule has 1 amide bonds. The number of carbonyl (C=O) groups excluding carboxylic acids is 1. The van der Waals surface area contributed by atoms with Crippen LogP contribution in [0.3, 0.4) is 0 Å². The summed E-state index contributed by atoms with van der Waals surface area (Å²) >= 11 is 6.34. The molecule has 0 fully saturated rings. The van der Waals surface area contributed by atoms with E-state index in [-0.39, 0.29) is 29.2 Å². The summed E-state index contributed by atoms with van der Waals surface area (Å²) in [7, 11) is 4.55. The molecule has 1 aliphatic heterocycles. The van der Waals surface area contributed by atoms with Crippen molar-refractivity contribution in [2.45, 2.75) is 19.5 Å². The summed E-state index contributed by atoms with van der Waals surface area (Å²) in [6.45, 7) is 2.08. The molecule has 0 saturated heterocycles. The minimum absolute atomic E-state index is 0.0175. The minimum atomic E-state index is -0.748. The second-order valence-corrected chi connectivity index (χ2v) is 8.96. The molecule has 7 nitrogen and oxygen atoms in total. The Morgan fingerprint density at radius 3 is 2.22 bits per heavy atom. The van der Waals surface area contributed by atoms with Crippen LogP contribution >= 0.6 is 11.6 Å². The molecule has 1 aliphatic rings. The molecular formula is C28H24ClNO6. The third-order valence-corrected chi connectivity index (χ3v) is 6.85. The maximum absolute atomic E-state index is 13.9. The Kier molecular flexibility index (Phi) is 6.10. The summed E-state index contributed by atoms with van der Waals surface area (Å²) < 4.78 is 22.6. The van der Waals surface area contributed by atoms with Crippen molar-refractivity contribution < 1.29 is 23.4 Å². The van der Waals surface area contributed by atoms with Gasteiger partial charge in [-0.3, -0.25) is 9.59 Å². The summed E-state index contributed by atoms with van der Waals surface area (Å²) in [6, 6.07) is 15.6. The van der Waals surface area contributed by atoms with Crippen LogP contribution in [0.4, 0.5) is 0 Å². The highest BCUT2D eigenvalue weighted by Gasteiger charge is 2.43. The first-order valence-corrected chi connectivity index (χ1v) is 11.7. The van der Waals surface area contributed by atoms with Crippen LogP contribution in [-0.2, 0) is 6.54 Å². The molecule has 1 atom stereocenters. The van der Waals surface area contributed by atoms with E-state index in [1.807, 2.05) is 37.3 Å². The van der Waals surface area contributed by atoms with Gasteiger partial charge in [-0.1, -0.05) is 41.9 Å². The van der Waals surface area contributed by atoms with Crippen LogP contribution in [0, 0.1) is 6.92 Å². The molecule has 0 N–H and O–H groups in total. The molecular weight excluding hydrogens is 482 g/mol. The van der Waals surface area contributed by atoms with Gasteiger partial charge in [0.25, 0.3) is 5.91 Å². The van der Waals surface area contributed by atoms with Crippen molar-refractivity contribution in [3.05, 3.63) is 97.9 Å². The zero-order valence-corrected chi connectivity index (χ0v) is 21.0. The molecule has 1 unspecified atom stereocenters. The van der Waals surface area contributed by atoms with Gasteiger partial charge in [-0.15, -0.1) is 0 Å². The van der Waals surface area contributed by atoms with Crippen molar-refractivity contribution in [2.24, 2.45) is 0 Å². The van der Waals surface area contributed by atoms with Gasteiger partial charge in [0.05, 0.1) is 38.3 Å². The average Bonchev–Trinajstić information content (AvgIpc) is 3.16. The van der Waals surface area contributed by atoms with Crippen molar-refractivity contribution in [1.82, 2.24) is 4.90 Å². The normalized spacial score (nSPS) is 14.8. The SMILES string of the molecule is COc1cc(C2c3c(oc4cc(C)c(Cl)cc4c3=O)C(=O)N2Cc2ccccc2)cc(OC)c1OC. The molecule has 184 valence electrons. The lowest BCUT2D eigenvalue weighted by Gasteiger charge is -2.26. The van der Waals surface area contributed by atoms with E-state index in [0.717, 1.165) is 11.1 Å². The highest BCUT2D eigenvalue weighted by molar-refractivity contribution is 6.32. The first kappa shape index (κ1) is 23.8. The Balaban J connectivity index is 1.79. The molecule has 0 radical (unpaired) electrons. The number of benzene rings is 3. The third kappa shape index (κ3) is 3.76. The molecule has 4 aromatic rings. The maximum atomic E-state index is 13.9. The van der Waals surface area contributed by atoms with Crippen LogP contribution in [0.25, 0.3) is 11.0 Å². The topological polar surface area (TPSA) is 78.2 Å². The number of fused-ring (bicyclic) bond motifs is 2. The molecule has 8 heteroatoms. The van der Waals surface area contributed by atoms with Crippen molar-refractivity contribution in [3.8, 4) is 17.2 Å². The number of hydrogen-bond donors (Lipinski definition) is 0. The van der Waals surface area contributed by atoms with E-state index < -0.39 is 6.04 Å². The smallest absolute Gasteiger partial charge is 0.291 e. The number of amides is 1. The number of carbonyl (C=O) groups is 1. The Bertz CT molecular complexity index is 1520. The van der Waals surface area contributed by atoms with Crippen LogP contribution in [0.5, 0.6) is 17.2 Å². The number of nitrogens with zero attached hydrogens (tertiary/aromatic N) is 1. The van der Waals surface area contributed by atoms with Gasteiger partial charge in [-0.05, 0) is 47.9 Å². The molecule has 5 rings (SSSR count). The quantitative estimate of drug-likeness (QED) is 0.343. The molecule has 0 aliphatic carbocycles. The fraction of sp³-hybridized carbons (Fsp3) is 0.214. The number of hydrogen-bond acceptors (Lipinski definition) is 6. The molecule has 0 spiro atoms. The maximum Gasteiger partial charge on any atom is 0.291 e. The zero-order chi connectivity index (χ0) is 25.6. The fourth-order valence-corrected chi connectivity index (χ4v) is 4.85. The van der Waals surface area contributed by atoms with E-state index in [2.05, 4.69) is 0 Å². The molecule has 2 heterocycles. The van der Waals surface area contributed by atoms with Gasteiger partial charge in [0, 0.05) is 11.6 Å². The van der Waals surface area contributed by atoms with E-state index in [1.54, 1.807) is 29.2 Å². The van der Waals surface area contributed by atoms with E-state index in [0.29, 0.717) is 38.8 Å². The van der Waals surface area contributed by atoms with Gasteiger partial charge in [-0.2, -0.15) is 0 Å². The Hall–Kier alpha value is -3.97. The first-order chi connectivity index (χ1) is 17.4. The Morgan fingerprint density at radius 1 is 0.944 bits per heavy atom. The van der Waals surface area contributed by atoms with Crippen LogP contribution in [-0.4, -0.2) is 32.1 Å². The number of aryl methyl sites for hydroxylation is 1. The largest absolute Gasteiger partial charge is 0.493 e. The molecule has 0 bridgehead atoms. The number of methoxy groups -OCH3 is 3. The highest BCUT2D eigenvalue weighted by atomic mass is 35.5. The first-order valence-electron chi connectivity index (χ1n) is 11.3. The summed E-state index contributed by atoms with van der Waals surface area (Å²) in [5.41, 5.74) is 2.54. The Labute approximate surface area is 212 Å². The highest BCUT2D eigenvalue weighted by Crippen LogP contribution is 2.45. The summed E-state index contributed by atoms with van der Waals surface area (Å²) in [5.74, 6) is 0.881. The summed E-state index contributed by atoms with van der Waals surface area (Å²) in [5, 5.41) is 0.765. The third-order valence-electron chi connectivity index (χ3n) is 6.45. The van der Waals surface area contributed by atoms with Crippen LogP contribution < -0.4 is 19.6 Å². The average molecular weight is 506 g/mol. The minimum Gasteiger partial charge on any atom is -0.493 e. The second-order valence-electron chi connectivity index (χ2n) is 8.55. The monoisotopic (exact) mass is 505 g/mol. The van der Waals surface area contributed by atoms with Gasteiger partial charge >= 0.3 is 0 Å². The number of halogens is 1. The number of rotatable bonds is 6. The van der Waals surface area contributed by atoms with Gasteiger partial charge in [0.2, 0.25) is 11.5 Å². The predicted molar refractivity (Wildman–Crippen MR) is 136 cm³/mol. The van der Waals surface area contributed by atoms with Gasteiger partial charge in [-0.25, -0.2) is 0 Å². The van der Waals surface area contributed by atoms with Crippen molar-refractivity contribution in [1.29, 1.82) is 0 Å². The van der Waals surface area contributed by atoms with Crippen molar-refractivity contribution in [2.75, 3.05) is 21.3 Å². The second kappa shape index (κ2) is 9.24. The lowest BCUT2D eigenvalue weighted by Crippen LogP contribution is -2.29. The standard InChI is InChI=1S/C28H24ClNO6/c1-15-10-20-18(13-19(15)29)25(31)23-24(17-11-21(33-2)26(35-4)22(12-17)34-3)30(28(32)27(23)36-20)14-16-8-6-5-7-9-16/h5-13,24H,14H2,1-4H3. The molecule has 1 aromatic heterocycles. The lowest BCUT2D eigenvalue weighted by molar-refractivity contribution is 0.0714.